The van der Waals surface area contributed by atoms with E-state index < -0.39 is 70.2 Å². The number of nitrogens with zero attached hydrogens (tertiary/aromatic N) is 6. The second-order valence-electron chi connectivity index (χ2n) is 12.6. The van der Waals surface area contributed by atoms with Crippen LogP contribution in [0.1, 0.15) is 22.5 Å². The molecule has 0 atom stereocenters. The minimum atomic E-state index is -5.05. The summed E-state index contributed by atoms with van der Waals surface area (Å²) in [6.07, 6.45) is -8.49. The molecule has 1 N–H and O–H groups in total. The molecule has 0 aliphatic heterocycles. The van der Waals surface area contributed by atoms with Gasteiger partial charge in [-0.1, -0.05) is 24.3 Å². The third-order valence-corrected chi connectivity index (χ3v) is 8.22. The monoisotopic (exact) mass is 884 g/mol. The fraction of sp³-hybridized carbons (Fsp3) is 0.171. The molecule has 0 amide bonds. The van der Waals surface area contributed by atoms with Gasteiger partial charge in [-0.2, -0.15) is 35.1 Å². The largest absolute Gasteiger partial charge is 0.509 e. The molecule has 0 fully saturated rings. The minimum Gasteiger partial charge on any atom is -0.509 e. The van der Waals surface area contributed by atoms with Crippen LogP contribution in [0.15, 0.2) is 107 Å². The molecule has 0 radical (unpaired) electrons. The van der Waals surface area contributed by atoms with Gasteiger partial charge in [-0.25, -0.2) is 19.7 Å². The maximum atomic E-state index is 13.5. The van der Waals surface area contributed by atoms with Gasteiger partial charge in [-0.05, 0) is 59.7 Å². The Labute approximate surface area is 350 Å². The number of hydrogen-bond donors (Lipinski definition) is 1. The summed E-state index contributed by atoms with van der Waals surface area (Å²) < 4.78 is 132. The lowest BCUT2D eigenvalue weighted by molar-refractivity contribution is -0.143. The van der Waals surface area contributed by atoms with Crippen LogP contribution in [0.5, 0.6) is 46.0 Å². The van der Waals surface area contributed by atoms with Crippen LogP contribution in [-0.2, 0) is 25.4 Å². The topological polar surface area (TPSA) is 145 Å². The van der Waals surface area contributed by atoms with Crippen LogP contribution in [0, 0.1) is 13.1 Å². The molecule has 0 aliphatic carbocycles. The van der Waals surface area contributed by atoms with E-state index >= 15 is 0 Å². The van der Waals surface area contributed by atoms with Gasteiger partial charge in [-0.3, -0.25) is 18.7 Å². The number of alkyl halides is 8. The molecule has 2 heterocycles. The zero-order valence-corrected chi connectivity index (χ0v) is 32.2. The van der Waals surface area contributed by atoms with Gasteiger partial charge in [0.05, 0.1) is 53.1 Å². The first-order valence-corrected chi connectivity index (χ1v) is 17.5. The first-order chi connectivity index (χ1) is 29.8. The van der Waals surface area contributed by atoms with Crippen LogP contribution < -0.4 is 34.8 Å². The Morgan fingerprint density at radius 1 is 0.619 bits per heavy atom. The summed E-state index contributed by atoms with van der Waals surface area (Å²) >= 11 is 0. The predicted octanol–water partition coefficient (Wildman–Crippen LogP) is 9.63. The van der Waals surface area contributed by atoms with E-state index in [0.717, 1.165) is 58.2 Å². The Morgan fingerprint density at radius 3 is 1.40 bits per heavy atom. The molecule has 6 rings (SSSR count). The van der Waals surface area contributed by atoms with Crippen LogP contribution >= 0.6 is 0 Å². The zero-order valence-electron chi connectivity index (χ0n) is 32.2. The second kappa shape index (κ2) is 19.5. The van der Waals surface area contributed by atoms with Crippen LogP contribution in [-0.4, -0.2) is 45.0 Å². The molecular weight excluding hydrogens is 856 g/mol. The molecule has 326 valence electrons. The molecule has 0 aliphatic rings. The van der Waals surface area contributed by atoms with E-state index in [-0.39, 0.29) is 30.2 Å². The van der Waals surface area contributed by atoms with Crippen molar-refractivity contribution in [3.63, 3.8) is 0 Å². The highest BCUT2D eigenvalue weighted by Crippen LogP contribution is 2.38. The summed E-state index contributed by atoms with van der Waals surface area (Å²) in [4.78, 5) is 38.4. The summed E-state index contributed by atoms with van der Waals surface area (Å²) in [6.45, 7) is 10.6. The Hall–Kier alpha value is -8.14. The fourth-order valence-corrected chi connectivity index (χ4v) is 5.39. The Bertz CT molecular complexity index is 2780. The standard InChI is InChI=1S/C21H14F5N3O4.C20H14F3N3O4/c1-27-13-7-15(9-16(8-13)33-20(22)23)32-17-18(21(24,25)26)28-11-29(19(17)30)10-12-3-5-14(31-2)6-4-12;1-24-13-7-14(27)9-16(8-13)30-17-18(20(21,22)23)25-11-26(19(17)28)10-12-3-5-15(29-2)6-4-12/h3-9,11,20H,10H2,2H3;3-9,11,27H,10H2,2H3. The molecule has 22 heteroatoms. The molecular formula is C41H28F8N6O8. The van der Waals surface area contributed by atoms with Crippen LogP contribution in [0.25, 0.3) is 9.69 Å². The molecule has 6 aromatic rings. The number of benzene rings is 4. The molecule has 2 aromatic heterocycles. The summed E-state index contributed by atoms with van der Waals surface area (Å²) in [6, 6.07) is 19.0. The van der Waals surface area contributed by atoms with Crippen molar-refractivity contribution in [2.75, 3.05) is 14.2 Å². The third kappa shape index (κ3) is 12.0. The Morgan fingerprint density at radius 2 is 1.02 bits per heavy atom. The highest BCUT2D eigenvalue weighted by atomic mass is 19.4. The normalized spacial score (nSPS) is 11.1. The maximum Gasteiger partial charge on any atom is 0.437 e. The first-order valence-electron chi connectivity index (χ1n) is 17.5. The zero-order chi connectivity index (χ0) is 46.1. The molecule has 0 saturated heterocycles. The summed E-state index contributed by atoms with van der Waals surface area (Å²) in [5.74, 6) is -2.80. The number of halogens is 8. The fourth-order valence-electron chi connectivity index (χ4n) is 5.39. The molecule has 14 nitrogen and oxygen atoms in total. The molecule has 0 spiro atoms. The van der Waals surface area contributed by atoms with Crippen LogP contribution in [0.2, 0.25) is 0 Å². The molecule has 0 bridgehead atoms. The van der Waals surface area contributed by atoms with Gasteiger partial charge in [-0.15, -0.1) is 0 Å². The van der Waals surface area contributed by atoms with Gasteiger partial charge in [0, 0.05) is 12.1 Å². The SMILES string of the molecule is [C-]#[N+]c1cc(O)cc(Oc2c(C(F)(F)F)ncn(Cc3ccc(OC)cc3)c2=O)c1.[C-]#[N+]c1cc(Oc2c(C(F)(F)F)ncn(Cc3ccc(OC)cc3)c2=O)cc(OC(F)F)c1. The first kappa shape index (κ1) is 45.9. The average Bonchev–Trinajstić information content (AvgIpc) is 3.23. The number of phenolic OH excluding ortho intramolecular Hbond substituents is 1. The maximum absolute atomic E-state index is 13.5. The van der Waals surface area contributed by atoms with Crippen molar-refractivity contribution in [1.29, 1.82) is 0 Å². The van der Waals surface area contributed by atoms with Gasteiger partial charge in [0.2, 0.25) is 11.5 Å². The number of aromatic nitrogens is 4. The van der Waals surface area contributed by atoms with Gasteiger partial charge >= 0.3 is 19.0 Å². The third-order valence-electron chi connectivity index (χ3n) is 8.22. The van der Waals surface area contributed by atoms with Crippen molar-refractivity contribution in [2.45, 2.75) is 32.1 Å². The highest BCUT2D eigenvalue weighted by Gasteiger charge is 2.40. The van der Waals surface area contributed by atoms with E-state index in [9.17, 15) is 49.8 Å². The summed E-state index contributed by atoms with van der Waals surface area (Å²) in [7, 11) is 2.95. The van der Waals surface area contributed by atoms with E-state index in [2.05, 4.69) is 24.4 Å². The van der Waals surface area contributed by atoms with Crippen molar-refractivity contribution >= 4 is 11.4 Å². The number of methoxy groups -OCH3 is 2. The lowest BCUT2D eigenvalue weighted by Crippen LogP contribution is -2.26. The quantitative estimate of drug-likeness (QED) is 0.0932. The van der Waals surface area contributed by atoms with Crippen molar-refractivity contribution in [3.05, 3.63) is 164 Å². The molecule has 63 heavy (non-hydrogen) atoms. The van der Waals surface area contributed by atoms with Crippen molar-refractivity contribution in [1.82, 2.24) is 19.1 Å². The Kier molecular flexibility index (Phi) is 14.2. The van der Waals surface area contributed by atoms with E-state index in [1.807, 2.05) is 0 Å². The van der Waals surface area contributed by atoms with Gasteiger partial charge in [0.25, 0.3) is 11.1 Å². The second-order valence-corrected chi connectivity index (χ2v) is 12.6. The van der Waals surface area contributed by atoms with E-state index in [0.29, 0.717) is 22.6 Å². The van der Waals surface area contributed by atoms with Crippen LogP contribution in [0.3, 0.4) is 0 Å². The van der Waals surface area contributed by atoms with Crippen molar-refractivity contribution in [2.24, 2.45) is 0 Å². The van der Waals surface area contributed by atoms with E-state index in [4.69, 9.17) is 32.1 Å². The number of hydrogen-bond acceptors (Lipinski definition) is 10. The lowest BCUT2D eigenvalue weighted by Gasteiger charge is -2.15. The summed E-state index contributed by atoms with van der Waals surface area (Å²) in [5.41, 5.74) is -4.49. The van der Waals surface area contributed by atoms with Gasteiger partial charge < -0.3 is 28.8 Å². The van der Waals surface area contributed by atoms with Gasteiger partial charge in [0.1, 0.15) is 34.5 Å². The Balaban J connectivity index is 0.000000239. The summed E-state index contributed by atoms with van der Waals surface area (Å²) in [5, 5.41) is 9.64. The van der Waals surface area contributed by atoms with Crippen molar-refractivity contribution in [3.8, 4) is 46.0 Å². The minimum absolute atomic E-state index is 0.0579. The van der Waals surface area contributed by atoms with Crippen molar-refractivity contribution < 1.29 is 63.9 Å². The number of rotatable bonds is 12. The number of aromatic hydroxyl groups is 1. The van der Waals surface area contributed by atoms with Gasteiger partial charge in [0.15, 0.2) is 22.8 Å². The lowest BCUT2D eigenvalue weighted by atomic mass is 10.2. The van der Waals surface area contributed by atoms with E-state index in [1.165, 1.54) is 14.2 Å². The molecule has 0 unspecified atom stereocenters. The number of ether oxygens (including phenoxy) is 5. The molecule has 4 aromatic carbocycles. The van der Waals surface area contributed by atoms with E-state index in [1.54, 1.807) is 48.5 Å². The number of phenols is 1. The average molecular weight is 885 g/mol. The van der Waals surface area contributed by atoms with Crippen LogP contribution in [0.4, 0.5) is 46.5 Å². The predicted molar refractivity (Wildman–Crippen MR) is 205 cm³/mol. The molecule has 0 saturated carbocycles. The smallest absolute Gasteiger partial charge is 0.437 e. The highest BCUT2D eigenvalue weighted by molar-refractivity contribution is 5.56.